The van der Waals surface area contributed by atoms with Crippen LogP contribution < -0.4 is 0 Å². The summed E-state index contributed by atoms with van der Waals surface area (Å²) < 4.78 is -0.142. The van der Waals surface area contributed by atoms with Crippen molar-refractivity contribution in [3.05, 3.63) is 0 Å². The van der Waals surface area contributed by atoms with Crippen molar-refractivity contribution >= 4 is 23.5 Å². The predicted molar refractivity (Wildman–Crippen MR) is 48.0 cm³/mol. The van der Waals surface area contributed by atoms with Crippen molar-refractivity contribution in [3.63, 3.8) is 0 Å². The van der Waals surface area contributed by atoms with Gasteiger partial charge in [-0.2, -0.15) is 10.5 Å². The molecule has 1 aliphatic rings. The van der Waals surface area contributed by atoms with Crippen LogP contribution in [0, 0.1) is 28.1 Å². The predicted octanol–water partition coefficient (Wildman–Crippen LogP) is 1.85. The van der Waals surface area contributed by atoms with Gasteiger partial charge >= 0.3 is 0 Å². The zero-order chi connectivity index (χ0) is 8.54. The van der Waals surface area contributed by atoms with Gasteiger partial charge in [0, 0.05) is 6.42 Å². The van der Waals surface area contributed by atoms with Crippen molar-refractivity contribution in [2.75, 3.05) is 12.5 Å². The van der Waals surface area contributed by atoms with Gasteiger partial charge < -0.3 is 0 Å². The molecular formula is C7H8N2S2. The van der Waals surface area contributed by atoms with Crippen LogP contribution in [0.2, 0.25) is 0 Å². The molecule has 0 aromatic heterocycles. The van der Waals surface area contributed by atoms with Gasteiger partial charge in [0.15, 0.2) is 5.41 Å². The number of hydrogen-bond acceptors (Lipinski definition) is 4. The van der Waals surface area contributed by atoms with Crippen molar-refractivity contribution < 1.29 is 0 Å². The quantitative estimate of drug-likeness (QED) is 0.614. The lowest BCUT2D eigenvalue weighted by Gasteiger charge is -2.09. The van der Waals surface area contributed by atoms with Gasteiger partial charge in [0.1, 0.15) is 0 Å². The van der Waals surface area contributed by atoms with E-state index in [1.54, 1.807) is 23.5 Å². The summed E-state index contributed by atoms with van der Waals surface area (Å²) in [7, 11) is 0. The van der Waals surface area contributed by atoms with E-state index in [0.717, 1.165) is 0 Å². The van der Waals surface area contributed by atoms with E-state index < -0.39 is 5.41 Å². The molecule has 0 spiro atoms. The minimum Gasteiger partial charge on any atom is -0.196 e. The van der Waals surface area contributed by atoms with E-state index >= 15 is 0 Å². The Kier molecular flexibility index (Phi) is 2.09. The van der Waals surface area contributed by atoms with Crippen LogP contribution in [0.25, 0.3) is 0 Å². The summed E-state index contributed by atoms with van der Waals surface area (Å²) in [5.41, 5.74) is -0.716. The fraction of sp³-hybridized carbons (Fsp3) is 0.714. The maximum absolute atomic E-state index is 8.76. The van der Waals surface area contributed by atoms with Gasteiger partial charge in [0.25, 0.3) is 0 Å². The second-order valence-corrected chi connectivity index (χ2v) is 4.94. The highest BCUT2D eigenvalue weighted by Crippen LogP contribution is 2.68. The lowest BCUT2D eigenvalue weighted by Crippen LogP contribution is -2.08. The van der Waals surface area contributed by atoms with Gasteiger partial charge in [-0.3, -0.25) is 0 Å². The van der Waals surface area contributed by atoms with E-state index in [4.69, 9.17) is 10.5 Å². The summed E-state index contributed by atoms with van der Waals surface area (Å²) in [6.07, 6.45) is 4.61. The van der Waals surface area contributed by atoms with Gasteiger partial charge in [0.2, 0.25) is 0 Å². The molecule has 0 aromatic carbocycles. The van der Waals surface area contributed by atoms with Crippen molar-refractivity contribution in [1.82, 2.24) is 0 Å². The third-order valence-electron chi connectivity index (χ3n) is 2.06. The minimum absolute atomic E-state index is 0.142. The average Bonchev–Trinajstić information content (AvgIpc) is 2.75. The number of hydrogen-bond donors (Lipinski definition) is 0. The van der Waals surface area contributed by atoms with Crippen LogP contribution in [0.1, 0.15) is 6.42 Å². The standard InChI is InChI=1S/C7H8N2S2/c1-10-7(11-2)3-6(7,4-8)5-9/h3H2,1-2H3. The average molecular weight is 184 g/mol. The zero-order valence-corrected chi connectivity index (χ0v) is 8.05. The summed E-state index contributed by atoms with van der Waals surface area (Å²) in [6, 6.07) is 4.18. The number of nitriles is 2. The number of rotatable bonds is 2. The van der Waals surface area contributed by atoms with E-state index in [-0.39, 0.29) is 4.08 Å². The molecular weight excluding hydrogens is 176 g/mol. The maximum atomic E-state index is 8.76. The number of nitrogens with zero attached hydrogens (tertiary/aromatic N) is 2. The molecule has 58 valence electrons. The molecule has 0 aromatic rings. The Bertz CT molecular complexity index is 230. The Morgan fingerprint density at radius 1 is 1.18 bits per heavy atom. The lowest BCUT2D eigenvalue weighted by molar-refractivity contribution is 0.887. The highest BCUT2D eigenvalue weighted by molar-refractivity contribution is 8.18. The first-order valence-corrected chi connectivity index (χ1v) is 5.58. The Hall–Kier alpha value is -0.320. The van der Waals surface area contributed by atoms with Crippen LogP contribution in [-0.2, 0) is 0 Å². The highest BCUT2D eigenvalue weighted by atomic mass is 32.2. The zero-order valence-electron chi connectivity index (χ0n) is 6.42. The van der Waals surface area contributed by atoms with Crippen LogP contribution in [0.5, 0.6) is 0 Å². The first-order valence-electron chi connectivity index (χ1n) is 3.13. The molecule has 4 heteroatoms. The highest BCUT2D eigenvalue weighted by Gasteiger charge is 2.69. The monoisotopic (exact) mass is 184 g/mol. The van der Waals surface area contributed by atoms with Gasteiger partial charge in [-0.15, -0.1) is 23.5 Å². The third-order valence-corrected chi connectivity index (χ3v) is 5.37. The smallest absolute Gasteiger partial charge is 0.169 e. The molecule has 0 bridgehead atoms. The molecule has 0 amide bonds. The van der Waals surface area contributed by atoms with Gasteiger partial charge in [-0.1, -0.05) is 0 Å². The van der Waals surface area contributed by atoms with E-state index in [9.17, 15) is 0 Å². The first-order chi connectivity index (χ1) is 5.20. The topological polar surface area (TPSA) is 47.6 Å². The second-order valence-electron chi connectivity index (χ2n) is 2.47. The Morgan fingerprint density at radius 3 is 1.73 bits per heavy atom. The molecule has 1 aliphatic carbocycles. The summed E-state index contributed by atoms with van der Waals surface area (Å²) in [5, 5.41) is 17.5. The van der Waals surface area contributed by atoms with Crippen molar-refractivity contribution in [2.24, 2.45) is 5.41 Å². The van der Waals surface area contributed by atoms with Gasteiger partial charge in [0.05, 0.1) is 16.2 Å². The molecule has 0 aliphatic heterocycles. The van der Waals surface area contributed by atoms with Crippen LogP contribution in [0.4, 0.5) is 0 Å². The molecule has 0 radical (unpaired) electrons. The maximum Gasteiger partial charge on any atom is 0.169 e. The Morgan fingerprint density at radius 2 is 1.64 bits per heavy atom. The summed E-state index contributed by atoms with van der Waals surface area (Å²) in [5.74, 6) is 0. The van der Waals surface area contributed by atoms with Crippen molar-refractivity contribution in [1.29, 1.82) is 10.5 Å². The van der Waals surface area contributed by atoms with E-state index in [1.165, 1.54) is 0 Å². The second kappa shape index (κ2) is 2.62. The molecule has 1 rings (SSSR count). The van der Waals surface area contributed by atoms with Crippen LogP contribution in [0.15, 0.2) is 0 Å². The van der Waals surface area contributed by atoms with Crippen LogP contribution in [0.3, 0.4) is 0 Å². The molecule has 11 heavy (non-hydrogen) atoms. The van der Waals surface area contributed by atoms with Gasteiger partial charge in [-0.05, 0) is 12.5 Å². The summed E-state index contributed by atoms with van der Waals surface area (Å²) >= 11 is 3.22. The molecule has 0 N–H and O–H groups in total. The molecule has 1 fully saturated rings. The third kappa shape index (κ3) is 0.937. The summed E-state index contributed by atoms with van der Waals surface area (Å²) in [4.78, 5) is 0. The molecule has 0 unspecified atom stereocenters. The first kappa shape index (κ1) is 8.77. The van der Waals surface area contributed by atoms with E-state index in [2.05, 4.69) is 12.1 Å². The van der Waals surface area contributed by atoms with Crippen molar-refractivity contribution in [2.45, 2.75) is 10.5 Å². The van der Waals surface area contributed by atoms with Crippen molar-refractivity contribution in [3.8, 4) is 12.1 Å². The Balaban J connectivity index is 2.86. The van der Waals surface area contributed by atoms with Gasteiger partial charge in [-0.25, -0.2) is 0 Å². The largest absolute Gasteiger partial charge is 0.196 e. The molecule has 0 heterocycles. The van der Waals surface area contributed by atoms with Crippen LogP contribution >= 0.6 is 23.5 Å². The fourth-order valence-corrected chi connectivity index (χ4v) is 3.42. The SMILES string of the molecule is CSC1(SC)CC1(C#N)C#N. The number of thioether (sulfide) groups is 2. The molecule has 2 nitrogen and oxygen atoms in total. The Labute approximate surface area is 75.0 Å². The normalized spacial score (nSPS) is 23.3. The summed E-state index contributed by atoms with van der Waals surface area (Å²) in [6.45, 7) is 0. The van der Waals surface area contributed by atoms with E-state index in [0.29, 0.717) is 6.42 Å². The van der Waals surface area contributed by atoms with Crippen LogP contribution in [-0.4, -0.2) is 16.6 Å². The molecule has 1 saturated carbocycles. The molecule has 0 saturated heterocycles. The fourth-order valence-electron chi connectivity index (χ4n) is 1.16. The van der Waals surface area contributed by atoms with E-state index in [1.807, 2.05) is 12.5 Å². The lowest BCUT2D eigenvalue weighted by atomic mass is 10.2. The molecule has 0 atom stereocenters. The minimum atomic E-state index is -0.716.